The number of rotatable bonds is 6. The molecule has 0 radical (unpaired) electrons. The first-order chi connectivity index (χ1) is 8.36. The lowest BCUT2D eigenvalue weighted by atomic mass is 9.92. The van der Waals surface area contributed by atoms with Gasteiger partial charge in [0.25, 0.3) is 0 Å². The van der Waals surface area contributed by atoms with Crippen molar-refractivity contribution in [1.29, 1.82) is 0 Å². The Morgan fingerprint density at radius 1 is 1.33 bits per heavy atom. The summed E-state index contributed by atoms with van der Waals surface area (Å²) in [5.41, 5.74) is 5.80. The second-order valence-electron chi connectivity index (χ2n) is 4.73. The van der Waals surface area contributed by atoms with Gasteiger partial charge in [0, 0.05) is 18.6 Å². The predicted molar refractivity (Wildman–Crippen MR) is 68.7 cm³/mol. The second-order valence-corrected chi connectivity index (χ2v) is 6.77. The highest BCUT2D eigenvalue weighted by molar-refractivity contribution is 7.89. The summed E-state index contributed by atoms with van der Waals surface area (Å²) in [6, 6.07) is 0.148. The van der Waals surface area contributed by atoms with E-state index in [0.29, 0.717) is 6.54 Å². The van der Waals surface area contributed by atoms with E-state index < -0.39 is 16.0 Å². The molecule has 1 aliphatic carbocycles. The lowest BCUT2D eigenvalue weighted by Crippen LogP contribution is -2.45. The summed E-state index contributed by atoms with van der Waals surface area (Å²) >= 11 is 0. The van der Waals surface area contributed by atoms with Gasteiger partial charge in [-0.1, -0.05) is 6.92 Å². The molecule has 1 saturated carbocycles. The minimum Gasteiger partial charge on any atom is -0.481 e. The molecule has 0 unspecified atom stereocenters. The van der Waals surface area contributed by atoms with E-state index in [4.69, 9.17) is 10.8 Å². The van der Waals surface area contributed by atoms with Gasteiger partial charge in [-0.25, -0.2) is 8.42 Å². The highest BCUT2D eigenvalue weighted by atomic mass is 32.2. The SMILES string of the molecule is CCN(C1CCC(N)CC1)S(=O)(=O)CCC(=O)O. The number of hydrogen-bond acceptors (Lipinski definition) is 4. The van der Waals surface area contributed by atoms with Crippen LogP contribution in [0.15, 0.2) is 0 Å². The number of nitrogens with two attached hydrogens (primary N) is 1. The van der Waals surface area contributed by atoms with Crippen LogP contribution in [0.2, 0.25) is 0 Å². The summed E-state index contributed by atoms with van der Waals surface area (Å²) in [7, 11) is -3.47. The maximum atomic E-state index is 12.1. The number of nitrogens with zero attached hydrogens (tertiary/aromatic N) is 1. The predicted octanol–water partition coefficient (Wildman–Crippen LogP) is 0.383. The third kappa shape index (κ3) is 4.22. The molecule has 18 heavy (non-hydrogen) atoms. The van der Waals surface area contributed by atoms with E-state index in [-0.39, 0.29) is 24.3 Å². The minimum atomic E-state index is -3.47. The van der Waals surface area contributed by atoms with Crippen molar-refractivity contribution in [3.05, 3.63) is 0 Å². The first-order valence-corrected chi connectivity index (χ1v) is 7.94. The molecule has 0 spiro atoms. The van der Waals surface area contributed by atoms with Crippen LogP contribution in [-0.4, -0.2) is 48.2 Å². The van der Waals surface area contributed by atoms with Gasteiger partial charge in [-0.05, 0) is 25.7 Å². The Kier molecular flexibility index (Phi) is 5.55. The standard InChI is InChI=1S/C11H22N2O4S/c1-2-13(10-5-3-9(12)4-6-10)18(16,17)8-7-11(14)15/h9-10H,2-8,12H2,1H3,(H,14,15). The molecule has 0 aromatic rings. The number of aliphatic carboxylic acids is 1. The van der Waals surface area contributed by atoms with Gasteiger partial charge >= 0.3 is 5.97 Å². The van der Waals surface area contributed by atoms with Gasteiger partial charge in [0.05, 0.1) is 12.2 Å². The zero-order valence-electron chi connectivity index (χ0n) is 10.7. The average molecular weight is 278 g/mol. The molecule has 0 aliphatic heterocycles. The van der Waals surface area contributed by atoms with Gasteiger partial charge in [-0.15, -0.1) is 0 Å². The van der Waals surface area contributed by atoms with Crippen LogP contribution >= 0.6 is 0 Å². The minimum absolute atomic E-state index is 0.0198. The summed E-state index contributed by atoms with van der Waals surface area (Å²) in [4.78, 5) is 10.5. The third-order valence-electron chi connectivity index (χ3n) is 3.39. The Balaban J connectivity index is 2.67. The number of sulfonamides is 1. The fourth-order valence-electron chi connectivity index (χ4n) is 2.41. The van der Waals surface area contributed by atoms with Crippen molar-refractivity contribution in [1.82, 2.24) is 4.31 Å². The van der Waals surface area contributed by atoms with Crippen LogP contribution in [0.1, 0.15) is 39.0 Å². The van der Waals surface area contributed by atoms with E-state index in [0.717, 1.165) is 25.7 Å². The van der Waals surface area contributed by atoms with E-state index in [1.807, 2.05) is 0 Å². The fourth-order valence-corrected chi connectivity index (χ4v) is 4.13. The summed E-state index contributed by atoms with van der Waals surface area (Å²) in [5, 5.41) is 8.58. The van der Waals surface area contributed by atoms with E-state index in [9.17, 15) is 13.2 Å². The summed E-state index contributed by atoms with van der Waals surface area (Å²) in [6.45, 7) is 2.18. The number of carboxylic acid groups (broad SMARTS) is 1. The largest absolute Gasteiger partial charge is 0.481 e. The van der Waals surface area contributed by atoms with Crippen LogP contribution in [0.25, 0.3) is 0 Å². The number of hydrogen-bond donors (Lipinski definition) is 2. The van der Waals surface area contributed by atoms with Crippen LogP contribution in [0.4, 0.5) is 0 Å². The Morgan fingerprint density at radius 3 is 2.33 bits per heavy atom. The molecule has 1 rings (SSSR count). The number of carbonyl (C=O) groups is 1. The van der Waals surface area contributed by atoms with Crippen molar-refractivity contribution in [3.8, 4) is 0 Å². The molecule has 0 heterocycles. The van der Waals surface area contributed by atoms with E-state index in [1.165, 1.54) is 4.31 Å². The first-order valence-electron chi connectivity index (χ1n) is 6.33. The van der Waals surface area contributed by atoms with Crippen LogP contribution in [0.5, 0.6) is 0 Å². The highest BCUT2D eigenvalue weighted by Crippen LogP contribution is 2.24. The molecule has 0 bridgehead atoms. The first kappa shape index (κ1) is 15.4. The zero-order chi connectivity index (χ0) is 13.8. The highest BCUT2D eigenvalue weighted by Gasteiger charge is 2.31. The molecule has 3 N–H and O–H groups in total. The van der Waals surface area contributed by atoms with Gasteiger partial charge < -0.3 is 10.8 Å². The van der Waals surface area contributed by atoms with Gasteiger partial charge in [0.2, 0.25) is 10.0 Å². The van der Waals surface area contributed by atoms with Gasteiger partial charge in [0.15, 0.2) is 0 Å². The normalized spacial score (nSPS) is 25.3. The average Bonchev–Trinajstić information content (AvgIpc) is 2.30. The summed E-state index contributed by atoms with van der Waals surface area (Å²) < 4.78 is 25.6. The Labute approximate surface area is 108 Å². The molecule has 6 nitrogen and oxygen atoms in total. The molecule has 1 fully saturated rings. The zero-order valence-corrected chi connectivity index (χ0v) is 11.5. The smallest absolute Gasteiger partial charge is 0.304 e. The molecule has 7 heteroatoms. The topological polar surface area (TPSA) is 101 Å². The van der Waals surface area contributed by atoms with Gasteiger partial charge in [0.1, 0.15) is 0 Å². The van der Waals surface area contributed by atoms with Crippen molar-refractivity contribution in [2.45, 2.75) is 51.1 Å². The Hall–Kier alpha value is -0.660. The van der Waals surface area contributed by atoms with Crippen molar-refractivity contribution in [3.63, 3.8) is 0 Å². The van der Waals surface area contributed by atoms with Gasteiger partial charge in [-0.3, -0.25) is 4.79 Å². The molecule has 0 saturated heterocycles. The van der Waals surface area contributed by atoms with Crippen LogP contribution in [0, 0.1) is 0 Å². The molecule has 1 aliphatic rings. The maximum Gasteiger partial charge on any atom is 0.304 e. The Morgan fingerprint density at radius 2 is 1.89 bits per heavy atom. The summed E-state index contributed by atoms with van der Waals surface area (Å²) in [5.74, 6) is -1.40. The van der Waals surface area contributed by atoms with E-state index >= 15 is 0 Å². The van der Waals surface area contributed by atoms with Crippen molar-refractivity contribution < 1.29 is 18.3 Å². The number of carboxylic acids is 1. The van der Waals surface area contributed by atoms with Crippen molar-refractivity contribution >= 4 is 16.0 Å². The quantitative estimate of drug-likeness (QED) is 0.731. The molecule has 0 amide bonds. The molecular formula is C11H22N2O4S. The van der Waals surface area contributed by atoms with Crippen LogP contribution < -0.4 is 5.73 Å². The fraction of sp³-hybridized carbons (Fsp3) is 0.909. The third-order valence-corrected chi connectivity index (χ3v) is 5.38. The molecule has 0 atom stereocenters. The summed E-state index contributed by atoms with van der Waals surface area (Å²) in [6.07, 6.45) is 2.85. The molecule has 0 aromatic heterocycles. The molecule has 106 valence electrons. The monoisotopic (exact) mass is 278 g/mol. The van der Waals surface area contributed by atoms with E-state index in [1.54, 1.807) is 6.92 Å². The lowest BCUT2D eigenvalue weighted by molar-refractivity contribution is -0.136. The van der Waals surface area contributed by atoms with Crippen LogP contribution in [0.3, 0.4) is 0 Å². The Bertz CT molecular complexity index is 375. The maximum absolute atomic E-state index is 12.1. The van der Waals surface area contributed by atoms with Crippen LogP contribution in [-0.2, 0) is 14.8 Å². The van der Waals surface area contributed by atoms with E-state index in [2.05, 4.69) is 0 Å². The van der Waals surface area contributed by atoms with Crippen molar-refractivity contribution in [2.75, 3.05) is 12.3 Å². The molecular weight excluding hydrogens is 256 g/mol. The molecule has 0 aromatic carbocycles. The van der Waals surface area contributed by atoms with Crippen molar-refractivity contribution in [2.24, 2.45) is 5.73 Å². The lowest BCUT2D eigenvalue weighted by Gasteiger charge is -2.34. The van der Waals surface area contributed by atoms with Gasteiger partial charge in [-0.2, -0.15) is 4.31 Å². The second kappa shape index (κ2) is 6.49.